The fourth-order valence-corrected chi connectivity index (χ4v) is 1.92. The van der Waals surface area contributed by atoms with Crippen molar-refractivity contribution in [3.05, 3.63) is 18.0 Å². The van der Waals surface area contributed by atoms with Crippen LogP contribution in [-0.2, 0) is 16.1 Å². The van der Waals surface area contributed by atoms with E-state index in [2.05, 4.69) is 15.8 Å². The summed E-state index contributed by atoms with van der Waals surface area (Å²) in [5, 5.41) is 17.4. The van der Waals surface area contributed by atoms with E-state index in [4.69, 9.17) is 9.63 Å². The van der Waals surface area contributed by atoms with Gasteiger partial charge in [0.15, 0.2) is 5.76 Å². The van der Waals surface area contributed by atoms with Crippen molar-refractivity contribution in [2.45, 2.75) is 19.0 Å². The Hall–Kier alpha value is -2.58. The Kier molecular flexibility index (Phi) is 4.18. The zero-order valence-corrected chi connectivity index (χ0v) is 10.5. The van der Waals surface area contributed by atoms with E-state index in [1.54, 1.807) is 6.07 Å². The molecule has 1 aliphatic heterocycles. The van der Waals surface area contributed by atoms with E-state index >= 15 is 0 Å². The van der Waals surface area contributed by atoms with Gasteiger partial charge in [-0.15, -0.1) is 0 Å². The van der Waals surface area contributed by atoms with Crippen molar-refractivity contribution in [1.29, 1.82) is 0 Å². The van der Waals surface area contributed by atoms with Gasteiger partial charge in [-0.25, -0.2) is 4.79 Å². The number of amides is 3. The molecule has 20 heavy (non-hydrogen) atoms. The summed E-state index contributed by atoms with van der Waals surface area (Å²) in [5.74, 6) is -1.14. The second-order valence-corrected chi connectivity index (χ2v) is 4.24. The van der Waals surface area contributed by atoms with Crippen LogP contribution < -0.4 is 10.6 Å². The number of aromatic nitrogens is 1. The molecule has 9 heteroatoms. The molecular formula is C11H14N4O5. The topological polar surface area (TPSA) is 125 Å². The number of hydrogen-bond acceptors (Lipinski definition) is 5. The van der Waals surface area contributed by atoms with Gasteiger partial charge in [-0.2, -0.15) is 0 Å². The third kappa shape index (κ3) is 3.25. The van der Waals surface area contributed by atoms with Crippen molar-refractivity contribution in [3.8, 4) is 0 Å². The summed E-state index contributed by atoms with van der Waals surface area (Å²) in [6.07, 6.45) is 1.02. The lowest BCUT2D eigenvalue weighted by atomic mass is 10.1. The number of nitrogens with zero attached hydrogens (tertiary/aromatic N) is 2. The lowest BCUT2D eigenvalue weighted by Crippen LogP contribution is -2.59. The summed E-state index contributed by atoms with van der Waals surface area (Å²) < 4.78 is 4.83. The predicted octanol–water partition coefficient (Wildman–Crippen LogP) is -0.841. The molecule has 1 aliphatic rings. The highest BCUT2D eigenvalue weighted by Gasteiger charge is 2.34. The Morgan fingerprint density at radius 1 is 1.60 bits per heavy atom. The molecule has 1 aromatic heterocycles. The van der Waals surface area contributed by atoms with Crippen molar-refractivity contribution in [1.82, 2.24) is 20.7 Å². The second-order valence-electron chi connectivity index (χ2n) is 4.24. The predicted molar refractivity (Wildman–Crippen MR) is 64.5 cm³/mol. The summed E-state index contributed by atoms with van der Waals surface area (Å²) in [7, 11) is 0. The highest BCUT2D eigenvalue weighted by molar-refractivity contribution is 5.91. The molecule has 1 unspecified atom stereocenters. The number of aliphatic carboxylic acids is 1. The molecule has 9 nitrogen and oxygen atoms in total. The molecule has 2 rings (SSSR count). The van der Waals surface area contributed by atoms with Gasteiger partial charge in [0, 0.05) is 19.2 Å². The van der Waals surface area contributed by atoms with Gasteiger partial charge in [0.05, 0.1) is 19.2 Å². The summed E-state index contributed by atoms with van der Waals surface area (Å²) >= 11 is 0. The molecule has 1 atom stereocenters. The number of hydrogen-bond donors (Lipinski definition) is 3. The molecule has 0 bridgehead atoms. The number of nitrogens with one attached hydrogen (secondary N) is 2. The number of carbonyl (C=O) groups is 3. The van der Waals surface area contributed by atoms with Crippen molar-refractivity contribution in [3.63, 3.8) is 0 Å². The van der Waals surface area contributed by atoms with Crippen LogP contribution in [0.3, 0.4) is 0 Å². The molecule has 1 fully saturated rings. The van der Waals surface area contributed by atoms with Crippen LogP contribution in [-0.4, -0.2) is 52.2 Å². The monoisotopic (exact) mass is 282 g/mol. The Morgan fingerprint density at radius 2 is 2.40 bits per heavy atom. The maximum atomic E-state index is 12.0. The third-order valence-corrected chi connectivity index (χ3v) is 2.86. The van der Waals surface area contributed by atoms with Gasteiger partial charge >= 0.3 is 12.0 Å². The fraction of sp³-hybridized carbons (Fsp3) is 0.455. The standard InChI is InChI=1S/C11H14N4O5/c16-9(17)5-8-10(18)12-3-4-15(8)11(19)13-6-7-1-2-14-20-7/h1-2,8H,3-6H2,(H,12,18)(H,13,19)(H,16,17). The summed E-state index contributed by atoms with van der Waals surface area (Å²) in [4.78, 5) is 35.6. The highest BCUT2D eigenvalue weighted by atomic mass is 16.5. The minimum Gasteiger partial charge on any atom is -0.481 e. The lowest BCUT2D eigenvalue weighted by molar-refractivity contribution is -0.142. The van der Waals surface area contributed by atoms with Gasteiger partial charge in [0.1, 0.15) is 6.04 Å². The van der Waals surface area contributed by atoms with Gasteiger partial charge in [0.25, 0.3) is 0 Å². The van der Waals surface area contributed by atoms with Crippen LogP contribution in [0, 0.1) is 0 Å². The lowest BCUT2D eigenvalue weighted by Gasteiger charge is -2.34. The number of urea groups is 1. The van der Waals surface area contributed by atoms with E-state index in [1.807, 2.05) is 0 Å². The molecule has 0 spiro atoms. The molecule has 0 saturated carbocycles. The first-order valence-electron chi connectivity index (χ1n) is 6.01. The average Bonchev–Trinajstić information content (AvgIpc) is 2.91. The van der Waals surface area contributed by atoms with Gasteiger partial charge in [-0.3, -0.25) is 9.59 Å². The number of carboxylic acid groups (broad SMARTS) is 1. The van der Waals surface area contributed by atoms with E-state index in [-0.39, 0.29) is 13.1 Å². The van der Waals surface area contributed by atoms with E-state index in [0.29, 0.717) is 12.3 Å². The Bertz CT molecular complexity index is 501. The van der Waals surface area contributed by atoms with E-state index in [9.17, 15) is 14.4 Å². The smallest absolute Gasteiger partial charge is 0.318 e. The maximum absolute atomic E-state index is 12.0. The first-order chi connectivity index (χ1) is 9.58. The minimum absolute atomic E-state index is 0.122. The van der Waals surface area contributed by atoms with Crippen LogP contribution >= 0.6 is 0 Å². The molecular weight excluding hydrogens is 268 g/mol. The van der Waals surface area contributed by atoms with Gasteiger partial charge in [-0.1, -0.05) is 5.16 Å². The average molecular weight is 282 g/mol. The number of rotatable bonds is 4. The fourth-order valence-electron chi connectivity index (χ4n) is 1.92. The molecule has 108 valence electrons. The molecule has 2 heterocycles. The van der Waals surface area contributed by atoms with Crippen LogP contribution in [0.2, 0.25) is 0 Å². The largest absolute Gasteiger partial charge is 0.481 e. The summed E-state index contributed by atoms with van der Waals surface area (Å²) in [6, 6.07) is 0.0799. The van der Waals surface area contributed by atoms with E-state index < -0.39 is 30.4 Å². The van der Waals surface area contributed by atoms with Crippen LogP contribution in [0.25, 0.3) is 0 Å². The molecule has 3 amide bonds. The van der Waals surface area contributed by atoms with Gasteiger partial charge in [-0.05, 0) is 0 Å². The Balaban J connectivity index is 1.97. The molecule has 0 aromatic carbocycles. The van der Waals surface area contributed by atoms with Gasteiger partial charge in [0.2, 0.25) is 5.91 Å². The quantitative estimate of drug-likeness (QED) is 0.661. The zero-order valence-electron chi connectivity index (χ0n) is 10.5. The Morgan fingerprint density at radius 3 is 3.05 bits per heavy atom. The van der Waals surface area contributed by atoms with Crippen molar-refractivity contribution in [2.75, 3.05) is 13.1 Å². The van der Waals surface area contributed by atoms with Crippen molar-refractivity contribution in [2.24, 2.45) is 0 Å². The summed E-state index contributed by atoms with van der Waals surface area (Å²) in [6.45, 7) is 0.674. The third-order valence-electron chi connectivity index (χ3n) is 2.86. The number of piperazine rings is 1. The summed E-state index contributed by atoms with van der Waals surface area (Å²) in [5.41, 5.74) is 0. The molecule has 1 aromatic rings. The van der Waals surface area contributed by atoms with Crippen LogP contribution in [0.4, 0.5) is 4.79 Å². The molecule has 0 aliphatic carbocycles. The first-order valence-corrected chi connectivity index (χ1v) is 6.01. The van der Waals surface area contributed by atoms with Crippen LogP contribution in [0.15, 0.2) is 16.8 Å². The first kappa shape index (κ1) is 13.8. The normalized spacial score (nSPS) is 18.5. The highest BCUT2D eigenvalue weighted by Crippen LogP contribution is 2.09. The van der Waals surface area contributed by atoms with E-state index in [0.717, 1.165) is 0 Å². The van der Waals surface area contributed by atoms with Crippen LogP contribution in [0.1, 0.15) is 12.2 Å². The van der Waals surface area contributed by atoms with E-state index in [1.165, 1.54) is 11.1 Å². The Labute approximate surface area is 113 Å². The van der Waals surface area contributed by atoms with Crippen molar-refractivity contribution >= 4 is 17.9 Å². The minimum atomic E-state index is -1.14. The second kappa shape index (κ2) is 6.04. The number of carbonyl (C=O) groups excluding carboxylic acids is 2. The molecule has 0 radical (unpaired) electrons. The SMILES string of the molecule is O=C(O)CC1C(=O)NCCN1C(=O)NCc1ccno1. The maximum Gasteiger partial charge on any atom is 0.318 e. The van der Waals surface area contributed by atoms with Crippen molar-refractivity contribution < 1.29 is 24.0 Å². The molecule has 1 saturated heterocycles. The van der Waals surface area contributed by atoms with Crippen LogP contribution in [0.5, 0.6) is 0 Å². The number of carboxylic acids is 1. The van der Waals surface area contributed by atoms with Gasteiger partial charge < -0.3 is 25.2 Å². The molecule has 3 N–H and O–H groups in total. The zero-order chi connectivity index (χ0) is 14.5.